The van der Waals surface area contributed by atoms with Crippen LogP contribution in [0.5, 0.6) is 0 Å². The average molecular weight is 352 g/mol. The molecule has 2 amide bonds. The van der Waals surface area contributed by atoms with Gasteiger partial charge in [-0.3, -0.25) is 0 Å². The number of hydrogen-bond acceptors (Lipinski definition) is 2. The van der Waals surface area contributed by atoms with Gasteiger partial charge in [-0.25, -0.2) is 9.18 Å². The molecule has 6 heteroatoms. The van der Waals surface area contributed by atoms with Gasteiger partial charge in [0.15, 0.2) is 0 Å². The van der Waals surface area contributed by atoms with Crippen LogP contribution in [0.15, 0.2) is 46.9 Å². The van der Waals surface area contributed by atoms with Crippen LogP contribution in [0.2, 0.25) is 0 Å². The van der Waals surface area contributed by atoms with E-state index in [9.17, 15) is 9.18 Å². The zero-order valence-electron chi connectivity index (χ0n) is 11.4. The second kappa shape index (κ2) is 7.08. The van der Waals surface area contributed by atoms with Gasteiger partial charge in [-0.05, 0) is 57.9 Å². The van der Waals surface area contributed by atoms with E-state index in [1.54, 1.807) is 31.3 Å². The van der Waals surface area contributed by atoms with Crippen molar-refractivity contribution in [3.05, 3.63) is 58.3 Å². The average Bonchev–Trinajstić information content (AvgIpc) is 2.50. The normalized spacial score (nSPS) is 10.0. The van der Waals surface area contributed by atoms with Gasteiger partial charge >= 0.3 is 6.03 Å². The zero-order valence-corrected chi connectivity index (χ0v) is 13.0. The summed E-state index contributed by atoms with van der Waals surface area (Å²) in [5, 5.41) is 8.39. The Bertz CT molecular complexity index is 631. The minimum absolute atomic E-state index is 0.258. The SMILES string of the molecule is CNC(=O)Nc1ccc(NCc2ccc(F)c(Br)c2)cc1. The molecule has 0 saturated carbocycles. The molecule has 2 rings (SSSR count). The molecule has 2 aromatic rings. The van der Waals surface area contributed by atoms with Gasteiger partial charge in [-0.1, -0.05) is 6.07 Å². The standard InChI is InChI=1S/C15H15BrFN3O/c1-18-15(21)20-12-5-3-11(4-6-12)19-9-10-2-7-14(17)13(16)8-10/h2-8,19H,9H2,1H3,(H2,18,20,21). The topological polar surface area (TPSA) is 53.2 Å². The summed E-state index contributed by atoms with van der Waals surface area (Å²) in [6, 6.07) is 12.0. The molecule has 0 unspecified atom stereocenters. The lowest BCUT2D eigenvalue weighted by atomic mass is 10.2. The van der Waals surface area contributed by atoms with Crippen molar-refractivity contribution in [2.24, 2.45) is 0 Å². The number of anilines is 2. The second-order valence-electron chi connectivity index (χ2n) is 4.38. The molecular formula is C15H15BrFN3O. The summed E-state index contributed by atoms with van der Waals surface area (Å²) < 4.78 is 13.6. The maximum atomic E-state index is 13.1. The zero-order chi connectivity index (χ0) is 15.2. The number of carbonyl (C=O) groups is 1. The fourth-order valence-electron chi connectivity index (χ4n) is 1.72. The van der Waals surface area contributed by atoms with Crippen molar-refractivity contribution < 1.29 is 9.18 Å². The van der Waals surface area contributed by atoms with Crippen LogP contribution in [0, 0.1) is 5.82 Å². The van der Waals surface area contributed by atoms with Crippen molar-refractivity contribution in [2.45, 2.75) is 6.54 Å². The lowest BCUT2D eigenvalue weighted by Crippen LogP contribution is -2.24. The number of hydrogen-bond donors (Lipinski definition) is 3. The number of nitrogens with one attached hydrogen (secondary N) is 3. The van der Waals surface area contributed by atoms with Crippen molar-refractivity contribution in [2.75, 3.05) is 17.7 Å². The summed E-state index contributed by atoms with van der Waals surface area (Å²) in [4.78, 5) is 11.2. The summed E-state index contributed by atoms with van der Waals surface area (Å²) in [6.07, 6.45) is 0. The van der Waals surface area contributed by atoms with Crippen LogP contribution in [-0.2, 0) is 6.54 Å². The summed E-state index contributed by atoms with van der Waals surface area (Å²) in [5.41, 5.74) is 2.60. The number of halogens is 2. The third-order valence-electron chi connectivity index (χ3n) is 2.85. The molecule has 0 aliphatic carbocycles. The Labute approximate surface area is 130 Å². The predicted octanol–water partition coefficient (Wildman–Crippen LogP) is 3.95. The quantitative estimate of drug-likeness (QED) is 0.780. The summed E-state index contributed by atoms with van der Waals surface area (Å²) >= 11 is 3.16. The minimum atomic E-state index is -0.275. The third kappa shape index (κ3) is 4.46. The van der Waals surface area contributed by atoms with Gasteiger partial charge in [0.2, 0.25) is 0 Å². The Morgan fingerprint density at radius 1 is 1.14 bits per heavy atom. The van der Waals surface area contributed by atoms with Crippen molar-refractivity contribution in [3.63, 3.8) is 0 Å². The van der Waals surface area contributed by atoms with E-state index in [2.05, 4.69) is 31.9 Å². The highest BCUT2D eigenvalue weighted by molar-refractivity contribution is 9.10. The third-order valence-corrected chi connectivity index (χ3v) is 3.46. The van der Waals surface area contributed by atoms with Crippen molar-refractivity contribution in [3.8, 4) is 0 Å². The molecule has 0 saturated heterocycles. The molecule has 110 valence electrons. The molecule has 0 aromatic heterocycles. The Balaban J connectivity index is 1.94. The molecule has 3 N–H and O–H groups in total. The first-order valence-corrected chi connectivity index (χ1v) is 7.14. The smallest absolute Gasteiger partial charge is 0.318 e. The van der Waals surface area contributed by atoms with E-state index in [1.165, 1.54) is 6.07 Å². The lowest BCUT2D eigenvalue weighted by molar-refractivity contribution is 0.254. The van der Waals surface area contributed by atoms with Crippen LogP contribution >= 0.6 is 15.9 Å². The number of amides is 2. The van der Waals surface area contributed by atoms with Crippen molar-refractivity contribution in [1.82, 2.24) is 5.32 Å². The highest BCUT2D eigenvalue weighted by Gasteiger charge is 2.01. The molecular weight excluding hydrogens is 337 g/mol. The number of carbonyl (C=O) groups excluding carboxylic acids is 1. The second-order valence-corrected chi connectivity index (χ2v) is 5.24. The highest BCUT2D eigenvalue weighted by atomic mass is 79.9. The Morgan fingerprint density at radius 3 is 2.43 bits per heavy atom. The minimum Gasteiger partial charge on any atom is -0.381 e. The van der Waals surface area contributed by atoms with Crippen LogP contribution in [0.4, 0.5) is 20.6 Å². The van der Waals surface area contributed by atoms with E-state index >= 15 is 0 Å². The fourth-order valence-corrected chi connectivity index (χ4v) is 2.14. The first-order chi connectivity index (χ1) is 10.1. The van der Waals surface area contributed by atoms with E-state index < -0.39 is 0 Å². The van der Waals surface area contributed by atoms with Gasteiger partial charge in [-0.15, -0.1) is 0 Å². The van der Waals surface area contributed by atoms with Crippen LogP contribution < -0.4 is 16.0 Å². The molecule has 0 spiro atoms. The van der Waals surface area contributed by atoms with E-state index in [0.717, 1.165) is 11.3 Å². The number of rotatable bonds is 4. The number of benzene rings is 2. The molecule has 0 heterocycles. The number of urea groups is 1. The molecule has 0 aliphatic rings. The molecule has 0 aliphatic heterocycles. The van der Waals surface area contributed by atoms with Crippen LogP contribution in [-0.4, -0.2) is 13.1 Å². The molecule has 0 bridgehead atoms. The molecule has 0 atom stereocenters. The largest absolute Gasteiger partial charge is 0.381 e. The molecule has 21 heavy (non-hydrogen) atoms. The predicted molar refractivity (Wildman–Crippen MR) is 85.9 cm³/mol. The first kappa shape index (κ1) is 15.3. The Kier molecular flexibility index (Phi) is 5.16. The van der Waals surface area contributed by atoms with Gasteiger partial charge in [0.05, 0.1) is 4.47 Å². The van der Waals surface area contributed by atoms with E-state index in [4.69, 9.17) is 0 Å². The summed E-state index contributed by atoms with van der Waals surface area (Å²) in [5.74, 6) is -0.275. The summed E-state index contributed by atoms with van der Waals surface area (Å²) in [7, 11) is 1.56. The van der Waals surface area contributed by atoms with Crippen LogP contribution in [0.3, 0.4) is 0 Å². The van der Waals surface area contributed by atoms with Crippen LogP contribution in [0.25, 0.3) is 0 Å². The molecule has 0 fully saturated rings. The van der Waals surface area contributed by atoms with Gasteiger partial charge in [-0.2, -0.15) is 0 Å². The Morgan fingerprint density at radius 2 is 1.81 bits per heavy atom. The molecule has 4 nitrogen and oxygen atoms in total. The lowest BCUT2D eigenvalue weighted by Gasteiger charge is -2.09. The van der Waals surface area contributed by atoms with Gasteiger partial charge in [0, 0.05) is 25.0 Å². The first-order valence-electron chi connectivity index (χ1n) is 6.35. The van der Waals surface area contributed by atoms with Gasteiger partial charge in [0.1, 0.15) is 5.82 Å². The molecule has 0 radical (unpaired) electrons. The maximum Gasteiger partial charge on any atom is 0.318 e. The highest BCUT2D eigenvalue weighted by Crippen LogP contribution is 2.18. The fraction of sp³-hybridized carbons (Fsp3) is 0.133. The monoisotopic (exact) mass is 351 g/mol. The van der Waals surface area contributed by atoms with E-state index in [0.29, 0.717) is 16.7 Å². The maximum absolute atomic E-state index is 13.1. The summed E-state index contributed by atoms with van der Waals surface area (Å²) in [6.45, 7) is 0.584. The van der Waals surface area contributed by atoms with E-state index in [1.807, 2.05) is 12.1 Å². The molecule has 2 aromatic carbocycles. The van der Waals surface area contributed by atoms with Gasteiger partial charge < -0.3 is 16.0 Å². The Hall–Kier alpha value is -2.08. The van der Waals surface area contributed by atoms with Gasteiger partial charge in [0.25, 0.3) is 0 Å². The van der Waals surface area contributed by atoms with Crippen molar-refractivity contribution in [1.29, 1.82) is 0 Å². The van der Waals surface area contributed by atoms with E-state index in [-0.39, 0.29) is 11.8 Å². The van der Waals surface area contributed by atoms with Crippen molar-refractivity contribution >= 4 is 33.3 Å². The van der Waals surface area contributed by atoms with Crippen LogP contribution in [0.1, 0.15) is 5.56 Å².